The van der Waals surface area contributed by atoms with E-state index in [1.165, 1.54) is 78.1 Å². The van der Waals surface area contributed by atoms with E-state index in [2.05, 4.69) is 70.5 Å². The van der Waals surface area contributed by atoms with Gasteiger partial charge in [0.05, 0.1) is 17.6 Å². The second-order valence-corrected chi connectivity index (χ2v) is 10.3. The standard InChI is InChI=1S/C32H21N3/c1-2-6-25-18(4-1)10-21-12-22-13-23-14-24-11-20-5-3-8-34-32(20)35-29-17-33-9-7-19(29)15-28(31(24)35)30(23)27(22)16-26(21)25/h1-9,12,14,16-17H,10-11,13,15H2. The predicted molar refractivity (Wildman–Crippen MR) is 139 cm³/mol. The Morgan fingerprint density at radius 2 is 1.43 bits per heavy atom. The van der Waals surface area contributed by atoms with Gasteiger partial charge in [-0.15, -0.1) is 0 Å². The van der Waals surface area contributed by atoms with Crippen molar-refractivity contribution in [2.45, 2.75) is 25.7 Å². The van der Waals surface area contributed by atoms with Gasteiger partial charge in [0.1, 0.15) is 5.82 Å². The quantitative estimate of drug-likeness (QED) is 0.253. The lowest BCUT2D eigenvalue weighted by Crippen LogP contribution is -2.26. The second-order valence-electron chi connectivity index (χ2n) is 10.3. The van der Waals surface area contributed by atoms with Crippen LogP contribution in [0.5, 0.6) is 0 Å². The molecule has 0 fully saturated rings. The Morgan fingerprint density at radius 1 is 0.600 bits per heavy atom. The lowest BCUT2D eigenvalue weighted by atomic mass is 9.83. The van der Waals surface area contributed by atoms with Gasteiger partial charge in [-0.05, 0) is 97.8 Å². The predicted octanol–water partition coefficient (Wildman–Crippen LogP) is 6.90. The molecule has 0 unspecified atom stereocenters. The number of nitrogens with zero attached hydrogens (tertiary/aromatic N) is 3. The Labute approximate surface area is 203 Å². The van der Waals surface area contributed by atoms with Crippen molar-refractivity contribution in [1.29, 1.82) is 0 Å². The maximum absolute atomic E-state index is 4.85. The van der Waals surface area contributed by atoms with E-state index in [1.54, 1.807) is 0 Å². The molecule has 4 aliphatic rings. The molecular weight excluding hydrogens is 426 g/mol. The summed E-state index contributed by atoms with van der Waals surface area (Å²) in [5.74, 6) is 1.05. The van der Waals surface area contributed by atoms with Crippen molar-refractivity contribution < 1.29 is 0 Å². The van der Waals surface area contributed by atoms with Gasteiger partial charge in [-0.3, -0.25) is 9.88 Å². The van der Waals surface area contributed by atoms with Gasteiger partial charge in [0.25, 0.3) is 0 Å². The number of hydrogen-bond donors (Lipinski definition) is 0. The van der Waals surface area contributed by atoms with Gasteiger partial charge in [0, 0.05) is 25.2 Å². The highest BCUT2D eigenvalue weighted by molar-refractivity contribution is 5.96. The molecule has 0 saturated heterocycles. The molecule has 5 aromatic rings. The van der Waals surface area contributed by atoms with Crippen molar-refractivity contribution in [3.05, 3.63) is 124 Å². The third kappa shape index (κ3) is 2.26. The maximum atomic E-state index is 4.85. The molecule has 35 heavy (non-hydrogen) atoms. The van der Waals surface area contributed by atoms with Crippen molar-refractivity contribution in [3.63, 3.8) is 0 Å². The molecule has 0 bridgehead atoms. The lowest BCUT2D eigenvalue weighted by molar-refractivity contribution is 0.971. The zero-order valence-electron chi connectivity index (χ0n) is 19.2. The minimum Gasteiger partial charge on any atom is -0.292 e. The zero-order chi connectivity index (χ0) is 22.7. The summed E-state index contributed by atoms with van der Waals surface area (Å²) in [5, 5.41) is 0. The third-order valence-corrected chi connectivity index (χ3v) is 8.41. The Morgan fingerprint density at radius 3 is 2.43 bits per heavy atom. The van der Waals surface area contributed by atoms with Gasteiger partial charge < -0.3 is 0 Å². The van der Waals surface area contributed by atoms with E-state index in [0.29, 0.717) is 0 Å². The molecule has 2 aliphatic carbocycles. The van der Waals surface area contributed by atoms with Gasteiger partial charge in [-0.1, -0.05) is 42.5 Å². The van der Waals surface area contributed by atoms with Crippen LogP contribution in [0.25, 0.3) is 22.3 Å². The van der Waals surface area contributed by atoms with Crippen LogP contribution < -0.4 is 4.90 Å². The van der Waals surface area contributed by atoms with Crippen molar-refractivity contribution in [2.24, 2.45) is 0 Å². The van der Waals surface area contributed by atoms with Crippen LogP contribution in [0.15, 0.2) is 79.3 Å². The highest BCUT2D eigenvalue weighted by Gasteiger charge is 2.37. The molecule has 0 atom stereocenters. The monoisotopic (exact) mass is 447 g/mol. The fourth-order valence-electron chi connectivity index (χ4n) is 7.01. The molecule has 0 amide bonds. The molecule has 0 saturated carbocycles. The number of aromatic nitrogens is 2. The van der Waals surface area contributed by atoms with Crippen LogP contribution in [0.3, 0.4) is 0 Å². The van der Waals surface area contributed by atoms with Crippen LogP contribution in [0, 0.1) is 0 Å². The van der Waals surface area contributed by atoms with Crippen molar-refractivity contribution >= 4 is 17.2 Å². The first-order valence-corrected chi connectivity index (χ1v) is 12.4. The molecule has 3 aromatic carbocycles. The summed E-state index contributed by atoms with van der Waals surface area (Å²) in [6.45, 7) is 0. The molecule has 3 heteroatoms. The smallest absolute Gasteiger partial charge is 0.141 e. The highest BCUT2D eigenvalue weighted by atomic mass is 15.2. The van der Waals surface area contributed by atoms with E-state index < -0.39 is 0 Å². The van der Waals surface area contributed by atoms with Gasteiger partial charge in [0.15, 0.2) is 0 Å². The van der Waals surface area contributed by atoms with Crippen molar-refractivity contribution in [3.8, 4) is 22.3 Å². The van der Waals surface area contributed by atoms with Crippen LogP contribution in [-0.4, -0.2) is 9.97 Å². The number of pyridine rings is 2. The summed E-state index contributed by atoms with van der Waals surface area (Å²) in [4.78, 5) is 11.7. The van der Waals surface area contributed by atoms with Gasteiger partial charge in [-0.25, -0.2) is 4.98 Å². The van der Waals surface area contributed by atoms with Crippen LogP contribution >= 0.6 is 0 Å². The number of hydrogen-bond acceptors (Lipinski definition) is 3. The minimum absolute atomic E-state index is 0.936. The average molecular weight is 448 g/mol. The molecule has 164 valence electrons. The van der Waals surface area contributed by atoms with Gasteiger partial charge >= 0.3 is 0 Å². The van der Waals surface area contributed by atoms with Crippen LogP contribution in [0.4, 0.5) is 17.2 Å². The molecule has 4 heterocycles. The molecule has 0 spiro atoms. The summed E-state index contributed by atoms with van der Waals surface area (Å²) >= 11 is 0. The molecule has 2 aliphatic heterocycles. The Kier molecular flexibility index (Phi) is 3.24. The van der Waals surface area contributed by atoms with Gasteiger partial charge in [-0.2, -0.15) is 0 Å². The van der Waals surface area contributed by atoms with Crippen molar-refractivity contribution in [2.75, 3.05) is 4.90 Å². The Balaban J connectivity index is 1.33. The summed E-state index contributed by atoms with van der Waals surface area (Å²) in [6, 6.07) is 22.8. The highest BCUT2D eigenvalue weighted by Crippen LogP contribution is 2.55. The van der Waals surface area contributed by atoms with Crippen LogP contribution in [0.1, 0.15) is 44.5 Å². The average Bonchev–Trinajstić information content (AvgIpc) is 3.44. The molecule has 9 rings (SSSR count). The first-order chi connectivity index (χ1) is 17.3. The van der Waals surface area contributed by atoms with Crippen LogP contribution in [0.2, 0.25) is 0 Å². The van der Waals surface area contributed by atoms with E-state index in [1.807, 2.05) is 18.6 Å². The summed E-state index contributed by atoms with van der Waals surface area (Å²) < 4.78 is 0. The van der Waals surface area contributed by atoms with Gasteiger partial charge in [0.2, 0.25) is 0 Å². The maximum Gasteiger partial charge on any atom is 0.141 e. The molecule has 3 nitrogen and oxygen atoms in total. The number of rotatable bonds is 0. The first kappa shape index (κ1) is 18.1. The number of anilines is 3. The molecular formula is C32H21N3. The Bertz CT molecular complexity index is 1750. The summed E-state index contributed by atoms with van der Waals surface area (Å²) in [6.07, 6.45) is 9.80. The topological polar surface area (TPSA) is 29.0 Å². The molecule has 0 N–H and O–H groups in total. The van der Waals surface area contributed by atoms with E-state index in [0.717, 1.165) is 31.5 Å². The largest absolute Gasteiger partial charge is 0.292 e. The third-order valence-electron chi connectivity index (χ3n) is 8.41. The SMILES string of the molecule is c1ccc2c(c1)Cc1cc3c(cc1-2)-c1c(cc2c4c1Cc1ccncc1N4c1ncccc1C2)C3. The zero-order valence-corrected chi connectivity index (χ0v) is 19.2. The van der Waals surface area contributed by atoms with E-state index in [9.17, 15) is 0 Å². The molecule has 2 aromatic heterocycles. The number of benzene rings is 3. The molecule has 0 radical (unpaired) electrons. The van der Waals surface area contributed by atoms with E-state index in [4.69, 9.17) is 4.98 Å². The van der Waals surface area contributed by atoms with Crippen molar-refractivity contribution in [1.82, 2.24) is 9.97 Å². The fourth-order valence-corrected chi connectivity index (χ4v) is 7.01. The summed E-state index contributed by atoms with van der Waals surface area (Å²) in [7, 11) is 0. The Hall–Kier alpha value is -4.24. The number of fused-ring (bicyclic) bond motifs is 11. The lowest BCUT2D eigenvalue weighted by Gasteiger charge is -2.39. The minimum atomic E-state index is 0.936. The normalized spacial score (nSPS) is 14.9. The fraction of sp³-hybridized carbons (Fsp3) is 0.125. The van der Waals surface area contributed by atoms with E-state index in [-0.39, 0.29) is 0 Å². The summed E-state index contributed by atoms with van der Waals surface area (Å²) in [5.41, 5.74) is 19.6. The van der Waals surface area contributed by atoms with Crippen LogP contribution in [-0.2, 0) is 25.7 Å². The second kappa shape index (κ2) is 6.25. The van der Waals surface area contributed by atoms with E-state index >= 15 is 0 Å². The first-order valence-electron chi connectivity index (χ1n) is 12.4.